The van der Waals surface area contributed by atoms with Gasteiger partial charge < -0.3 is 9.47 Å². The molecule has 0 unspecified atom stereocenters. The Labute approximate surface area is 150 Å². The molecule has 8 nitrogen and oxygen atoms in total. The number of hydrazine groups is 1. The van der Waals surface area contributed by atoms with Crippen LogP contribution in [0.25, 0.3) is 0 Å². The Balaban J connectivity index is 1.37. The second-order valence-electron chi connectivity index (χ2n) is 6.07. The van der Waals surface area contributed by atoms with Crippen LogP contribution < -0.4 is 25.0 Å². The van der Waals surface area contributed by atoms with Crippen LogP contribution in [-0.4, -0.2) is 27.2 Å². The minimum absolute atomic E-state index is 0.0544. The molecule has 0 atom stereocenters. The maximum absolute atomic E-state index is 12.2. The smallest absolute Gasteiger partial charge is 0.269 e. The second-order valence-corrected chi connectivity index (χ2v) is 7.78. The zero-order valence-corrected chi connectivity index (χ0v) is 14.5. The van der Waals surface area contributed by atoms with E-state index in [0.29, 0.717) is 22.7 Å². The van der Waals surface area contributed by atoms with E-state index in [9.17, 15) is 13.2 Å². The third kappa shape index (κ3) is 3.58. The van der Waals surface area contributed by atoms with Crippen molar-refractivity contribution >= 4 is 21.6 Å². The first-order chi connectivity index (χ1) is 12.5. The van der Waals surface area contributed by atoms with Crippen LogP contribution in [0.1, 0.15) is 23.2 Å². The lowest BCUT2D eigenvalue weighted by Crippen LogP contribution is -2.29. The van der Waals surface area contributed by atoms with Gasteiger partial charge in [0.2, 0.25) is 16.8 Å². The lowest BCUT2D eigenvalue weighted by molar-refractivity contribution is 0.0962. The van der Waals surface area contributed by atoms with Crippen LogP contribution in [0, 0.1) is 0 Å². The monoisotopic (exact) mass is 375 g/mol. The average Bonchev–Trinajstić information content (AvgIpc) is 3.31. The van der Waals surface area contributed by atoms with Gasteiger partial charge in [0.05, 0.1) is 10.6 Å². The number of hydrogen-bond acceptors (Lipinski definition) is 6. The van der Waals surface area contributed by atoms with E-state index >= 15 is 0 Å². The summed E-state index contributed by atoms with van der Waals surface area (Å²) in [5.74, 6) is 0.775. The molecule has 1 amide bonds. The molecule has 3 N–H and O–H groups in total. The molecule has 0 saturated heterocycles. The summed E-state index contributed by atoms with van der Waals surface area (Å²) in [4.78, 5) is 12.4. The van der Waals surface area contributed by atoms with E-state index < -0.39 is 10.0 Å². The van der Waals surface area contributed by atoms with Crippen LogP contribution >= 0.6 is 0 Å². The summed E-state index contributed by atoms with van der Waals surface area (Å²) in [6.45, 7) is 0.142. The molecule has 0 aromatic heterocycles. The van der Waals surface area contributed by atoms with Crippen LogP contribution in [0.3, 0.4) is 0 Å². The number of rotatable bonds is 6. The summed E-state index contributed by atoms with van der Waals surface area (Å²) in [6, 6.07) is 11.1. The highest BCUT2D eigenvalue weighted by Crippen LogP contribution is 2.32. The average molecular weight is 375 g/mol. The van der Waals surface area contributed by atoms with Gasteiger partial charge in [0, 0.05) is 11.6 Å². The molecular formula is C17H17N3O5S. The van der Waals surface area contributed by atoms with Crippen molar-refractivity contribution in [1.29, 1.82) is 0 Å². The van der Waals surface area contributed by atoms with Crippen molar-refractivity contribution in [2.75, 3.05) is 12.2 Å². The highest BCUT2D eigenvalue weighted by molar-refractivity contribution is 7.89. The number of ether oxygens (including phenoxy) is 2. The Morgan fingerprint density at radius 1 is 1.00 bits per heavy atom. The zero-order valence-electron chi connectivity index (χ0n) is 13.7. The van der Waals surface area contributed by atoms with Crippen LogP contribution in [0.2, 0.25) is 0 Å². The van der Waals surface area contributed by atoms with E-state index in [1.165, 1.54) is 12.1 Å². The van der Waals surface area contributed by atoms with E-state index in [4.69, 9.17) is 9.47 Å². The summed E-state index contributed by atoms with van der Waals surface area (Å²) in [5.41, 5.74) is 6.28. The number of nitrogens with one attached hydrogen (secondary N) is 3. The summed E-state index contributed by atoms with van der Waals surface area (Å²) < 4.78 is 37.3. The summed E-state index contributed by atoms with van der Waals surface area (Å²) in [5, 5.41) is 0. The van der Waals surface area contributed by atoms with Gasteiger partial charge in [-0.15, -0.1) is 0 Å². The largest absolute Gasteiger partial charge is 0.454 e. The van der Waals surface area contributed by atoms with Gasteiger partial charge in [-0.3, -0.25) is 15.6 Å². The van der Waals surface area contributed by atoms with Crippen molar-refractivity contribution < 1.29 is 22.7 Å². The lowest BCUT2D eigenvalue weighted by atomic mass is 10.2. The molecule has 1 aliphatic heterocycles. The van der Waals surface area contributed by atoms with Gasteiger partial charge in [-0.25, -0.2) is 13.1 Å². The Morgan fingerprint density at radius 2 is 1.73 bits per heavy atom. The van der Waals surface area contributed by atoms with Gasteiger partial charge in [-0.1, -0.05) is 0 Å². The molecule has 26 heavy (non-hydrogen) atoms. The Kier molecular flexibility index (Phi) is 4.17. The molecule has 0 spiro atoms. The fourth-order valence-corrected chi connectivity index (χ4v) is 3.75. The van der Waals surface area contributed by atoms with Crippen LogP contribution in [0.4, 0.5) is 5.69 Å². The van der Waals surface area contributed by atoms with Gasteiger partial charge in [0.15, 0.2) is 11.5 Å². The highest BCUT2D eigenvalue weighted by Gasteiger charge is 2.27. The maximum Gasteiger partial charge on any atom is 0.269 e. The first-order valence-corrected chi connectivity index (χ1v) is 9.58. The van der Waals surface area contributed by atoms with Crippen molar-refractivity contribution in [3.8, 4) is 11.5 Å². The Bertz CT molecular complexity index is 939. The molecule has 136 valence electrons. The Hall–Kier alpha value is -2.78. The van der Waals surface area contributed by atoms with Gasteiger partial charge >= 0.3 is 0 Å². The molecule has 2 aliphatic rings. The summed E-state index contributed by atoms with van der Waals surface area (Å²) >= 11 is 0. The lowest BCUT2D eigenvalue weighted by Gasteiger charge is -2.10. The SMILES string of the molecule is O=C(NNc1ccc(S(=O)(=O)NC2CC2)cc1)c1ccc2c(c1)OCO2. The Morgan fingerprint density at radius 3 is 2.46 bits per heavy atom. The van der Waals surface area contributed by atoms with E-state index in [1.54, 1.807) is 30.3 Å². The number of anilines is 1. The second kappa shape index (κ2) is 6.50. The molecule has 0 bridgehead atoms. The zero-order chi connectivity index (χ0) is 18.1. The van der Waals surface area contributed by atoms with Gasteiger partial charge in [0.25, 0.3) is 5.91 Å². The molecule has 1 fully saturated rings. The van der Waals surface area contributed by atoms with E-state index in [1.807, 2.05) is 0 Å². The molecule has 4 rings (SSSR count). The predicted molar refractivity (Wildman–Crippen MR) is 93.4 cm³/mol. The highest BCUT2D eigenvalue weighted by atomic mass is 32.2. The van der Waals surface area contributed by atoms with Crippen molar-refractivity contribution in [2.24, 2.45) is 0 Å². The summed E-state index contributed by atoms with van der Waals surface area (Å²) in [7, 11) is -3.48. The van der Waals surface area contributed by atoms with E-state index in [2.05, 4.69) is 15.6 Å². The number of sulfonamides is 1. The predicted octanol–water partition coefficient (Wildman–Crippen LogP) is 1.61. The van der Waals surface area contributed by atoms with Gasteiger partial charge in [0.1, 0.15) is 0 Å². The molecule has 2 aromatic carbocycles. The molecule has 1 heterocycles. The van der Waals surface area contributed by atoms with E-state index in [0.717, 1.165) is 12.8 Å². The normalized spacial score (nSPS) is 15.5. The molecule has 9 heteroatoms. The number of hydrogen-bond donors (Lipinski definition) is 3. The minimum atomic E-state index is -3.48. The fraction of sp³-hybridized carbons (Fsp3) is 0.235. The van der Waals surface area contributed by atoms with E-state index in [-0.39, 0.29) is 23.6 Å². The topological polar surface area (TPSA) is 106 Å². The maximum atomic E-state index is 12.2. The van der Waals surface area contributed by atoms with Crippen molar-refractivity contribution in [3.63, 3.8) is 0 Å². The summed E-state index contributed by atoms with van der Waals surface area (Å²) in [6.07, 6.45) is 1.76. The minimum Gasteiger partial charge on any atom is -0.454 e. The van der Waals surface area contributed by atoms with Gasteiger partial charge in [-0.05, 0) is 55.3 Å². The van der Waals surface area contributed by atoms with Crippen LogP contribution in [0.15, 0.2) is 47.4 Å². The quantitative estimate of drug-likeness (QED) is 0.663. The van der Waals surface area contributed by atoms with Crippen LogP contribution in [0.5, 0.6) is 11.5 Å². The third-order valence-electron chi connectivity index (χ3n) is 4.02. The van der Waals surface area contributed by atoms with Crippen molar-refractivity contribution in [3.05, 3.63) is 48.0 Å². The number of amides is 1. The van der Waals surface area contributed by atoms with Crippen LogP contribution in [-0.2, 0) is 10.0 Å². The van der Waals surface area contributed by atoms with Gasteiger partial charge in [-0.2, -0.15) is 0 Å². The first-order valence-electron chi connectivity index (χ1n) is 8.10. The van der Waals surface area contributed by atoms with Crippen molar-refractivity contribution in [2.45, 2.75) is 23.8 Å². The van der Waals surface area contributed by atoms with Crippen molar-refractivity contribution in [1.82, 2.24) is 10.1 Å². The first kappa shape index (κ1) is 16.7. The molecule has 0 radical (unpaired) electrons. The number of fused-ring (bicyclic) bond motifs is 1. The number of benzene rings is 2. The molecule has 1 aliphatic carbocycles. The molecule has 2 aromatic rings. The number of carbonyl (C=O) groups excluding carboxylic acids is 1. The fourth-order valence-electron chi connectivity index (χ4n) is 2.44. The molecular weight excluding hydrogens is 358 g/mol. The standard InChI is InChI=1S/C17H17N3O5S/c21-17(11-1-8-15-16(9-11)25-10-24-15)19-18-12-4-6-14(7-5-12)26(22,23)20-13-2-3-13/h1,4-9,13,18,20H,2-3,10H2,(H,19,21). The molecule has 1 saturated carbocycles. The number of carbonyl (C=O) groups is 1. The third-order valence-corrected chi connectivity index (χ3v) is 5.56.